The van der Waals surface area contributed by atoms with Crippen LogP contribution in [0.15, 0.2) is 12.1 Å². The maximum absolute atomic E-state index is 13.1. The monoisotopic (exact) mass is 374 g/mol. The first-order chi connectivity index (χ1) is 12.6. The Kier molecular flexibility index (Phi) is 4.17. The first-order valence-electron chi connectivity index (χ1n) is 10.2. The number of ether oxygens (including phenoxy) is 1. The van der Waals surface area contributed by atoms with Crippen molar-refractivity contribution >= 4 is 17.5 Å². The topological polar surface area (TPSA) is 41.6 Å². The van der Waals surface area contributed by atoms with E-state index in [0.717, 1.165) is 37.1 Å². The van der Waals surface area contributed by atoms with Gasteiger partial charge in [-0.05, 0) is 69.7 Å². The molecule has 4 fully saturated rings. The van der Waals surface area contributed by atoms with Crippen LogP contribution in [0.25, 0.3) is 0 Å². The standard InChI is InChI=1S/C21H27ClN2O2/c22-16-10-15-12-21(6-2-1-3-7-21)26-19(15)17(11-16)20(25)23-18-13-24-8-4-14(18)5-9-24/h10-11,14,18H,1-9,12-13H2,(H,23,25)/t18-/m1/s1. The number of hydrogen-bond acceptors (Lipinski definition) is 3. The molecule has 1 N–H and O–H groups in total. The Labute approximate surface area is 160 Å². The molecular weight excluding hydrogens is 348 g/mol. The number of nitrogens with one attached hydrogen (secondary N) is 1. The van der Waals surface area contributed by atoms with E-state index in [2.05, 4.69) is 10.2 Å². The fraction of sp³-hybridized carbons (Fsp3) is 0.667. The summed E-state index contributed by atoms with van der Waals surface area (Å²) in [5.41, 5.74) is 1.64. The maximum atomic E-state index is 13.1. The predicted octanol–water partition coefficient (Wildman–Crippen LogP) is 3.80. The first kappa shape index (κ1) is 16.9. The molecule has 1 amide bonds. The van der Waals surface area contributed by atoms with Crippen molar-refractivity contribution in [3.05, 3.63) is 28.3 Å². The lowest BCUT2D eigenvalue weighted by Gasteiger charge is -2.45. The third-order valence-corrected chi connectivity index (χ3v) is 7.16. The van der Waals surface area contributed by atoms with Crippen LogP contribution in [0.1, 0.15) is 60.9 Å². The van der Waals surface area contributed by atoms with Gasteiger partial charge in [-0.2, -0.15) is 0 Å². The number of amides is 1. The van der Waals surface area contributed by atoms with Crippen LogP contribution in [0.2, 0.25) is 5.02 Å². The number of piperidine rings is 3. The molecule has 1 aliphatic carbocycles. The van der Waals surface area contributed by atoms with Crippen LogP contribution < -0.4 is 10.1 Å². The fourth-order valence-electron chi connectivity index (χ4n) is 5.52. The third-order valence-electron chi connectivity index (χ3n) is 6.94. The molecule has 0 unspecified atom stereocenters. The summed E-state index contributed by atoms with van der Waals surface area (Å²) in [6, 6.07) is 4.04. The Morgan fingerprint density at radius 1 is 1.19 bits per heavy atom. The molecular formula is C21H27ClN2O2. The number of carbonyl (C=O) groups excluding carboxylic acids is 1. The average molecular weight is 375 g/mol. The van der Waals surface area contributed by atoms with Crippen molar-refractivity contribution < 1.29 is 9.53 Å². The summed E-state index contributed by atoms with van der Waals surface area (Å²) < 4.78 is 6.46. The van der Waals surface area contributed by atoms with Gasteiger partial charge in [-0.25, -0.2) is 0 Å². The van der Waals surface area contributed by atoms with E-state index in [1.54, 1.807) is 6.07 Å². The average Bonchev–Trinajstić information content (AvgIpc) is 2.99. The zero-order valence-electron chi connectivity index (χ0n) is 15.2. The van der Waals surface area contributed by atoms with Crippen LogP contribution in [0.5, 0.6) is 5.75 Å². The summed E-state index contributed by atoms with van der Waals surface area (Å²) in [5.74, 6) is 1.38. The van der Waals surface area contributed by atoms with Gasteiger partial charge in [-0.15, -0.1) is 0 Å². The molecule has 1 saturated carbocycles. The van der Waals surface area contributed by atoms with Crippen molar-refractivity contribution in [2.45, 2.75) is 63.0 Å². The minimum Gasteiger partial charge on any atom is -0.486 e. The Morgan fingerprint density at radius 3 is 2.65 bits per heavy atom. The van der Waals surface area contributed by atoms with Gasteiger partial charge in [0.1, 0.15) is 11.4 Å². The van der Waals surface area contributed by atoms with Crippen LogP contribution >= 0.6 is 11.6 Å². The molecule has 1 aromatic rings. The van der Waals surface area contributed by atoms with E-state index < -0.39 is 0 Å². The molecule has 2 bridgehead atoms. The van der Waals surface area contributed by atoms with E-state index in [1.165, 1.54) is 45.2 Å². The van der Waals surface area contributed by atoms with E-state index in [4.69, 9.17) is 16.3 Å². The second kappa shape index (κ2) is 6.42. The van der Waals surface area contributed by atoms with Crippen molar-refractivity contribution in [2.75, 3.05) is 19.6 Å². The summed E-state index contributed by atoms with van der Waals surface area (Å²) >= 11 is 6.36. The Balaban J connectivity index is 1.39. The van der Waals surface area contributed by atoms with Gasteiger partial charge in [0, 0.05) is 29.6 Å². The SMILES string of the molecule is O=C(N[C@@H]1CN2CCC1CC2)c1cc(Cl)cc2c1OC1(CCCCC1)C2. The fourth-order valence-corrected chi connectivity index (χ4v) is 5.76. The second-order valence-electron chi connectivity index (χ2n) is 8.68. The summed E-state index contributed by atoms with van der Waals surface area (Å²) in [7, 11) is 0. The van der Waals surface area contributed by atoms with E-state index in [1.807, 2.05) is 6.07 Å². The van der Waals surface area contributed by atoms with E-state index in [-0.39, 0.29) is 17.6 Å². The second-order valence-corrected chi connectivity index (χ2v) is 9.12. The van der Waals surface area contributed by atoms with E-state index in [9.17, 15) is 4.79 Å². The van der Waals surface area contributed by atoms with Crippen LogP contribution in [0, 0.1) is 5.92 Å². The van der Waals surface area contributed by atoms with Crippen LogP contribution in [-0.4, -0.2) is 42.1 Å². The highest BCUT2D eigenvalue weighted by Gasteiger charge is 2.42. The lowest BCUT2D eigenvalue weighted by Crippen LogP contribution is -2.57. The molecule has 4 nitrogen and oxygen atoms in total. The largest absolute Gasteiger partial charge is 0.486 e. The molecule has 4 aliphatic heterocycles. The minimum absolute atomic E-state index is 0.0182. The molecule has 0 radical (unpaired) electrons. The lowest BCUT2D eigenvalue weighted by molar-refractivity contribution is 0.0502. The number of nitrogens with zero attached hydrogens (tertiary/aromatic N) is 1. The molecule has 26 heavy (non-hydrogen) atoms. The van der Waals surface area contributed by atoms with Crippen molar-refractivity contribution in [3.63, 3.8) is 0 Å². The Hall–Kier alpha value is -1.26. The summed E-state index contributed by atoms with van der Waals surface area (Å²) in [4.78, 5) is 15.6. The van der Waals surface area contributed by atoms with Crippen LogP contribution in [0.3, 0.4) is 0 Å². The Bertz CT molecular complexity index is 721. The highest BCUT2D eigenvalue weighted by molar-refractivity contribution is 6.31. The molecule has 140 valence electrons. The third kappa shape index (κ3) is 2.91. The number of fused-ring (bicyclic) bond motifs is 4. The number of halogens is 1. The van der Waals surface area contributed by atoms with E-state index in [0.29, 0.717) is 16.5 Å². The van der Waals surface area contributed by atoms with Gasteiger partial charge in [0.05, 0.1) is 5.56 Å². The van der Waals surface area contributed by atoms with Gasteiger partial charge in [-0.3, -0.25) is 4.79 Å². The van der Waals surface area contributed by atoms with E-state index >= 15 is 0 Å². The molecule has 4 heterocycles. The number of carbonyl (C=O) groups is 1. The molecule has 6 rings (SSSR count). The van der Waals surface area contributed by atoms with Crippen molar-refractivity contribution in [3.8, 4) is 5.75 Å². The van der Waals surface area contributed by atoms with Gasteiger partial charge in [0.15, 0.2) is 0 Å². The van der Waals surface area contributed by atoms with Gasteiger partial charge in [0.25, 0.3) is 5.91 Å². The molecule has 1 spiro atoms. The Morgan fingerprint density at radius 2 is 1.96 bits per heavy atom. The molecule has 1 atom stereocenters. The molecule has 0 aromatic heterocycles. The first-order valence-corrected chi connectivity index (χ1v) is 10.5. The highest BCUT2D eigenvalue weighted by atomic mass is 35.5. The zero-order valence-corrected chi connectivity index (χ0v) is 16.0. The molecule has 3 saturated heterocycles. The van der Waals surface area contributed by atoms with Crippen molar-refractivity contribution in [1.82, 2.24) is 10.2 Å². The van der Waals surface area contributed by atoms with Crippen molar-refractivity contribution in [1.29, 1.82) is 0 Å². The number of benzene rings is 1. The van der Waals surface area contributed by atoms with Crippen molar-refractivity contribution in [2.24, 2.45) is 5.92 Å². The molecule has 5 heteroatoms. The summed E-state index contributed by atoms with van der Waals surface area (Å²) in [6.45, 7) is 3.33. The summed E-state index contributed by atoms with van der Waals surface area (Å²) in [5, 5.41) is 3.93. The minimum atomic E-state index is -0.101. The smallest absolute Gasteiger partial charge is 0.255 e. The molecule has 1 aromatic carbocycles. The highest BCUT2D eigenvalue weighted by Crippen LogP contribution is 2.46. The van der Waals surface area contributed by atoms with Gasteiger partial charge < -0.3 is 15.0 Å². The molecule has 5 aliphatic rings. The van der Waals surface area contributed by atoms with Gasteiger partial charge in [-0.1, -0.05) is 18.0 Å². The maximum Gasteiger partial charge on any atom is 0.255 e. The number of rotatable bonds is 2. The van der Waals surface area contributed by atoms with Crippen LogP contribution in [0.4, 0.5) is 0 Å². The normalized spacial score (nSPS) is 31.5. The lowest BCUT2D eigenvalue weighted by atomic mass is 9.82. The van der Waals surface area contributed by atoms with Gasteiger partial charge >= 0.3 is 0 Å². The number of hydrogen-bond donors (Lipinski definition) is 1. The predicted molar refractivity (Wildman–Crippen MR) is 102 cm³/mol. The zero-order chi connectivity index (χ0) is 17.7. The van der Waals surface area contributed by atoms with Gasteiger partial charge in [0.2, 0.25) is 0 Å². The summed E-state index contributed by atoms with van der Waals surface area (Å²) in [6.07, 6.45) is 9.15. The quantitative estimate of drug-likeness (QED) is 0.856. The van der Waals surface area contributed by atoms with Crippen LogP contribution in [-0.2, 0) is 6.42 Å².